The monoisotopic (exact) mass is 408 g/mol. The predicted molar refractivity (Wildman–Crippen MR) is 107 cm³/mol. The summed E-state index contributed by atoms with van der Waals surface area (Å²) in [6.07, 6.45) is 1.05. The first-order valence-corrected chi connectivity index (χ1v) is 10.8. The molecule has 0 saturated heterocycles. The number of halogens is 1. The van der Waals surface area contributed by atoms with E-state index in [2.05, 4.69) is 5.32 Å². The van der Waals surface area contributed by atoms with Crippen LogP contribution in [0.1, 0.15) is 32.4 Å². The van der Waals surface area contributed by atoms with Gasteiger partial charge in [0.05, 0.1) is 24.6 Å². The molecule has 6 nitrogen and oxygen atoms in total. The summed E-state index contributed by atoms with van der Waals surface area (Å²) in [5.74, 6) is -0.215. The fourth-order valence-electron chi connectivity index (χ4n) is 2.83. The molecular formula is C20H25FN2O4S. The van der Waals surface area contributed by atoms with Crippen LogP contribution in [0.3, 0.4) is 0 Å². The third-order valence-electron chi connectivity index (χ3n) is 4.22. The Labute approximate surface area is 165 Å². The van der Waals surface area contributed by atoms with E-state index in [4.69, 9.17) is 4.74 Å². The summed E-state index contributed by atoms with van der Waals surface area (Å²) < 4.78 is 44.2. The first-order valence-electron chi connectivity index (χ1n) is 8.91. The molecule has 1 amide bonds. The summed E-state index contributed by atoms with van der Waals surface area (Å²) in [5, 5.41) is 2.78. The molecule has 28 heavy (non-hydrogen) atoms. The second-order valence-electron chi connectivity index (χ2n) is 6.44. The summed E-state index contributed by atoms with van der Waals surface area (Å²) in [7, 11) is -3.71. The Bertz CT molecular complexity index is 899. The number of anilines is 1. The van der Waals surface area contributed by atoms with Crippen LogP contribution in [0.25, 0.3) is 0 Å². The minimum Gasteiger partial charge on any atom is -0.494 e. The van der Waals surface area contributed by atoms with Crippen molar-refractivity contribution in [3.05, 3.63) is 59.9 Å². The Kier molecular flexibility index (Phi) is 7.01. The smallest absolute Gasteiger partial charge is 0.244 e. The quantitative estimate of drug-likeness (QED) is 0.728. The molecule has 1 N–H and O–H groups in total. The molecule has 2 aromatic carbocycles. The topological polar surface area (TPSA) is 75.7 Å². The van der Waals surface area contributed by atoms with E-state index in [0.29, 0.717) is 23.6 Å². The largest absolute Gasteiger partial charge is 0.494 e. The van der Waals surface area contributed by atoms with Crippen molar-refractivity contribution in [1.29, 1.82) is 0 Å². The molecular weight excluding hydrogens is 383 g/mol. The zero-order valence-corrected chi connectivity index (χ0v) is 17.2. The Balaban J connectivity index is 2.21. The molecule has 0 spiro atoms. The number of amides is 1. The third-order valence-corrected chi connectivity index (χ3v) is 5.46. The number of nitrogens with one attached hydrogen (secondary N) is 1. The maximum absolute atomic E-state index is 13.1. The van der Waals surface area contributed by atoms with E-state index in [-0.39, 0.29) is 5.82 Å². The molecule has 0 saturated carbocycles. The van der Waals surface area contributed by atoms with Gasteiger partial charge in [0.25, 0.3) is 0 Å². The van der Waals surface area contributed by atoms with Gasteiger partial charge < -0.3 is 10.1 Å². The standard InChI is InChI=1S/C20H25FN2O4S/c1-5-27-19-12-10-18(11-13-19)23(28(4,25)26)15(3)20(24)22-14(2)16-6-8-17(21)9-7-16/h6-15H,5H2,1-4H3,(H,22,24). The number of carbonyl (C=O) groups excluding carboxylic acids is 1. The number of rotatable bonds is 8. The minimum absolute atomic E-state index is 0.364. The van der Waals surface area contributed by atoms with Gasteiger partial charge in [0.15, 0.2) is 0 Å². The van der Waals surface area contributed by atoms with Crippen molar-refractivity contribution in [1.82, 2.24) is 5.32 Å². The number of hydrogen-bond acceptors (Lipinski definition) is 4. The van der Waals surface area contributed by atoms with Gasteiger partial charge >= 0.3 is 0 Å². The average molecular weight is 408 g/mol. The third kappa shape index (κ3) is 5.45. The van der Waals surface area contributed by atoms with Crippen molar-refractivity contribution in [2.45, 2.75) is 32.9 Å². The van der Waals surface area contributed by atoms with Gasteiger partial charge in [0.1, 0.15) is 17.6 Å². The van der Waals surface area contributed by atoms with Crippen molar-refractivity contribution in [3.63, 3.8) is 0 Å². The van der Waals surface area contributed by atoms with Gasteiger partial charge in [-0.2, -0.15) is 0 Å². The van der Waals surface area contributed by atoms with Crippen LogP contribution in [-0.4, -0.2) is 33.2 Å². The summed E-state index contributed by atoms with van der Waals surface area (Å²) in [6.45, 7) is 5.62. The first kappa shape index (κ1) is 21.7. The van der Waals surface area contributed by atoms with Gasteiger partial charge in [-0.15, -0.1) is 0 Å². The van der Waals surface area contributed by atoms with Crippen molar-refractivity contribution >= 4 is 21.6 Å². The second-order valence-corrected chi connectivity index (χ2v) is 8.30. The highest BCUT2D eigenvalue weighted by molar-refractivity contribution is 7.92. The predicted octanol–water partition coefficient (Wildman–Crippen LogP) is 3.26. The van der Waals surface area contributed by atoms with E-state index >= 15 is 0 Å². The van der Waals surface area contributed by atoms with Crippen LogP contribution in [0.2, 0.25) is 0 Å². The maximum atomic E-state index is 13.1. The van der Waals surface area contributed by atoms with Crippen LogP contribution in [0.5, 0.6) is 5.75 Å². The van der Waals surface area contributed by atoms with Gasteiger partial charge in [-0.1, -0.05) is 12.1 Å². The van der Waals surface area contributed by atoms with E-state index in [9.17, 15) is 17.6 Å². The number of benzene rings is 2. The van der Waals surface area contributed by atoms with Crippen molar-refractivity contribution < 1.29 is 22.3 Å². The normalized spacial score (nSPS) is 13.5. The van der Waals surface area contributed by atoms with Gasteiger partial charge in [-0.25, -0.2) is 12.8 Å². The van der Waals surface area contributed by atoms with Crippen LogP contribution < -0.4 is 14.4 Å². The Hall–Kier alpha value is -2.61. The first-order chi connectivity index (χ1) is 13.1. The van der Waals surface area contributed by atoms with E-state index < -0.39 is 28.0 Å². The number of hydrogen-bond donors (Lipinski definition) is 1. The lowest BCUT2D eigenvalue weighted by atomic mass is 10.1. The molecule has 152 valence electrons. The molecule has 2 atom stereocenters. The van der Waals surface area contributed by atoms with Crippen LogP contribution in [0.4, 0.5) is 10.1 Å². The fourth-order valence-corrected chi connectivity index (χ4v) is 4.01. The summed E-state index contributed by atoms with van der Waals surface area (Å²) in [4.78, 5) is 12.7. The number of ether oxygens (including phenoxy) is 1. The van der Waals surface area contributed by atoms with E-state index in [1.54, 1.807) is 43.3 Å². The van der Waals surface area contributed by atoms with Crippen molar-refractivity contribution in [2.24, 2.45) is 0 Å². The average Bonchev–Trinajstić information content (AvgIpc) is 2.62. The zero-order chi connectivity index (χ0) is 20.9. The van der Waals surface area contributed by atoms with Gasteiger partial charge in [0, 0.05) is 0 Å². The molecule has 2 unspecified atom stereocenters. The molecule has 0 aliphatic heterocycles. The van der Waals surface area contributed by atoms with Crippen LogP contribution in [0, 0.1) is 5.82 Å². The number of sulfonamides is 1. The SMILES string of the molecule is CCOc1ccc(N(C(C)C(=O)NC(C)c2ccc(F)cc2)S(C)(=O)=O)cc1. The Morgan fingerprint density at radius 3 is 2.18 bits per heavy atom. The molecule has 0 aliphatic carbocycles. The van der Waals surface area contributed by atoms with E-state index in [1.165, 1.54) is 19.1 Å². The molecule has 2 rings (SSSR count). The van der Waals surface area contributed by atoms with Crippen LogP contribution in [-0.2, 0) is 14.8 Å². The van der Waals surface area contributed by atoms with Gasteiger partial charge in [-0.05, 0) is 62.7 Å². The highest BCUT2D eigenvalue weighted by atomic mass is 32.2. The molecule has 0 aliphatic rings. The molecule has 2 aromatic rings. The minimum atomic E-state index is -3.71. The zero-order valence-electron chi connectivity index (χ0n) is 16.3. The molecule has 0 aromatic heterocycles. The maximum Gasteiger partial charge on any atom is 0.244 e. The Morgan fingerprint density at radius 1 is 1.11 bits per heavy atom. The summed E-state index contributed by atoms with van der Waals surface area (Å²) in [5.41, 5.74) is 1.08. The van der Waals surface area contributed by atoms with Crippen LogP contribution in [0.15, 0.2) is 48.5 Å². The highest BCUT2D eigenvalue weighted by Gasteiger charge is 2.29. The molecule has 0 heterocycles. The highest BCUT2D eigenvalue weighted by Crippen LogP contribution is 2.24. The molecule has 0 fully saturated rings. The lowest BCUT2D eigenvalue weighted by molar-refractivity contribution is -0.122. The number of carbonyl (C=O) groups is 1. The van der Waals surface area contributed by atoms with Gasteiger partial charge in [-0.3, -0.25) is 9.10 Å². The molecule has 0 bridgehead atoms. The molecule has 0 radical (unpaired) electrons. The second kappa shape index (κ2) is 9.05. The molecule has 8 heteroatoms. The number of nitrogens with zero attached hydrogens (tertiary/aromatic N) is 1. The van der Waals surface area contributed by atoms with Gasteiger partial charge in [0.2, 0.25) is 15.9 Å². The Morgan fingerprint density at radius 2 is 1.68 bits per heavy atom. The van der Waals surface area contributed by atoms with E-state index in [0.717, 1.165) is 10.6 Å². The lowest BCUT2D eigenvalue weighted by Crippen LogP contribution is -2.48. The van der Waals surface area contributed by atoms with Crippen LogP contribution >= 0.6 is 0 Å². The van der Waals surface area contributed by atoms with Crippen molar-refractivity contribution in [3.8, 4) is 5.75 Å². The van der Waals surface area contributed by atoms with Crippen molar-refractivity contribution in [2.75, 3.05) is 17.2 Å². The summed E-state index contributed by atoms with van der Waals surface area (Å²) in [6, 6.07) is 10.9. The van der Waals surface area contributed by atoms with E-state index in [1.807, 2.05) is 6.92 Å². The lowest BCUT2D eigenvalue weighted by Gasteiger charge is -2.29. The summed E-state index contributed by atoms with van der Waals surface area (Å²) >= 11 is 0. The fraction of sp³-hybridized carbons (Fsp3) is 0.350.